The molecule has 20 heavy (non-hydrogen) atoms. The number of hydrogen-bond acceptors (Lipinski definition) is 4. The predicted molar refractivity (Wildman–Crippen MR) is 78.1 cm³/mol. The number of aryl methyl sites for hydroxylation is 1. The third-order valence-electron chi connectivity index (χ3n) is 2.77. The molecule has 0 bridgehead atoms. The first-order valence-corrected chi connectivity index (χ1v) is 6.64. The molecule has 0 fully saturated rings. The van der Waals surface area contributed by atoms with Gasteiger partial charge < -0.3 is 0 Å². The third-order valence-corrected chi connectivity index (χ3v) is 3.50. The first kappa shape index (κ1) is 14.4. The van der Waals surface area contributed by atoms with Gasteiger partial charge in [-0.15, -0.1) is 0 Å². The summed E-state index contributed by atoms with van der Waals surface area (Å²) in [6.07, 6.45) is 0. The lowest BCUT2D eigenvalue weighted by Gasteiger charge is -2.08. The van der Waals surface area contributed by atoms with Gasteiger partial charge in [-0.25, -0.2) is 10.5 Å². The van der Waals surface area contributed by atoms with Crippen LogP contribution in [0.25, 0.3) is 0 Å². The summed E-state index contributed by atoms with van der Waals surface area (Å²) in [6.45, 7) is 2.14. The van der Waals surface area contributed by atoms with E-state index in [1.165, 1.54) is 10.7 Å². The van der Waals surface area contributed by atoms with E-state index in [4.69, 9.17) is 5.84 Å². The van der Waals surface area contributed by atoms with E-state index in [1.807, 2.05) is 6.92 Å². The lowest BCUT2D eigenvalue weighted by Crippen LogP contribution is -2.30. The highest BCUT2D eigenvalue weighted by molar-refractivity contribution is 9.10. The Labute approximate surface area is 123 Å². The Morgan fingerprint density at radius 2 is 2.15 bits per heavy atom. The van der Waals surface area contributed by atoms with Gasteiger partial charge in [0, 0.05) is 16.1 Å². The molecule has 7 heteroatoms. The van der Waals surface area contributed by atoms with Crippen molar-refractivity contribution in [1.29, 1.82) is 0 Å². The van der Waals surface area contributed by atoms with Crippen LogP contribution < -0.4 is 16.8 Å². The fraction of sp³-hybridized carbons (Fsp3) is 0.154. The average molecular weight is 337 g/mol. The van der Waals surface area contributed by atoms with Gasteiger partial charge in [0.05, 0.1) is 12.2 Å². The summed E-state index contributed by atoms with van der Waals surface area (Å²) in [5, 5.41) is 4.17. The van der Waals surface area contributed by atoms with E-state index in [2.05, 4.69) is 26.5 Å². The molecule has 0 saturated heterocycles. The monoisotopic (exact) mass is 336 g/mol. The molecule has 1 heterocycles. The largest absolute Gasteiger partial charge is 0.290 e. The van der Waals surface area contributed by atoms with Crippen LogP contribution in [0.3, 0.4) is 0 Å². The minimum absolute atomic E-state index is 0.175. The van der Waals surface area contributed by atoms with E-state index < -0.39 is 0 Å². The van der Waals surface area contributed by atoms with E-state index in [-0.39, 0.29) is 11.5 Å². The van der Waals surface area contributed by atoms with Gasteiger partial charge in [-0.1, -0.05) is 22.0 Å². The van der Waals surface area contributed by atoms with Gasteiger partial charge in [0.15, 0.2) is 0 Å². The summed E-state index contributed by atoms with van der Waals surface area (Å²) in [5.41, 5.74) is 3.94. The van der Waals surface area contributed by atoms with Gasteiger partial charge in [-0.05, 0) is 30.7 Å². The van der Waals surface area contributed by atoms with Crippen LogP contribution in [0.1, 0.15) is 21.6 Å². The molecule has 2 rings (SSSR count). The van der Waals surface area contributed by atoms with Gasteiger partial charge in [-0.3, -0.25) is 15.0 Å². The molecule has 0 aliphatic rings. The van der Waals surface area contributed by atoms with Crippen molar-refractivity contribution in [3.8, 4) is 0 Å². The van der Waals surface area contributed by atoms with Crippen LogP contribution >= 0.6 is 15.9 Å². The molecule has 0 aliphatic carbocycles. The number of rotatable bonds is 3. The molecule has 0 aliphatic heterocycles. The minimum Gasteiger partial charge on any atom is -0.290 e. The number of benzene rings is 1. The number of nitrogens with one attached hydrogen (secondary N) is 1. The Bertz CT molecular complexity index is 712. The highest BCUT2D eigenvalue weighted by Crippen LogP contribution is 2.19. The number of nitrogen functional groups attached to an aromatic ring is 1. The third kappa shape index (κ3) is 3.12. The fourth-order valence-electron chi connectivity index (χ4n) is 1.73. The average Bonchev–Trinajstić information content (AvgIpc) is 2.44. The molecule has 3 N–H and O–H groups in total. The summed E-state index contributed by atoms with van der Waals surface area (Å²) in [7, 11) is 0. The van der Waals surface area contributed by atoms with Crippen LogP contribution in [0.15, 0.2) is 39.6 Å². The van der Waals surface area contributed by atoms with Gasteiger partial charge in [-0.2, -0.15) is 5.10 Å². The highest BCUT2D eigenvalue weighted by Gasteiger charge is 2.08. The van der Waals surface area contributed by atoms with Crippen molar-refractivity contribution >= 4 is 21.8 Å². The number of halogens is 1. The summed E-state index contributed by atoms with van der Waals surface area (Å²) in [4.78, 5) is 23.1. The van der Waals surface area contributed by atoms with E-state index >= 15 is 0 Å². The number of nitrogens with two attached hydrogens (primary N) is 1. The SMILES string of the molecule is Cc1ccc(=O)n(Cc2ccc(C(=O)NN)cc2Br)n1. The zero-order chi connectivity index (χ0) is 14.7. The van der Waals surface area contributed by atoms with Crippen molar-refractivity contribution in [3.63, 3.8) is 0 Å². The maximum Gasteiger partial charge on any atom is 0.267 e. The van der Waals surface area contributed by atoms with Crippen LogP contribution in [0.5, 0.6) is 0 Å². The lowest BCUT2D eigenvalue weighted by molar-refractivity contribution is 0.0953. The smallest absolute Gasteiger partial charge is 0.267 e. The van der Waals surface area contributed by atoms with Crippen LogP contribution in [0, 0.1) is 6.92 Å². The molecular weight excluding hydrogens is 324 g/mol. The lowest BCUT2D eigenvalue weighted by atomic mass is 10.1. The van der Waals surface area contributed by atoms with Crippen LogP contribution in [-0.2, 0) is 6.54 Å². The summed E-state index contributed by atoms with van der Waals surface area (Å²) >= 11 is 3.38. The number of nitrogens with zero attached hydrogens (tertiary/aromatic N) is 2. The van der Waals surface area contributed by atoms with E-state index in [0.717, 1.165) is 11.3 Å². The highest BCUT2D eigenvalue weighted by atomic mass is 79.9. The Balaban J connectivity index is 2.33. The molecule has 0 spiro atoms. The Hall–Kier alpha value is -1.99. The van der Waals surface area contributed by atoms with Crippen LogP contribution in [0.4, 0.5) is 0 Å². The molecule has 1 aromatic heterocycles. The molecule has 0 saturated carbocycles. The zero-order valence-corrected chi connectivity index (χ0v) is 12.3. The van der Waals surface area contributed by atoms with Gasteiger partial charge in [0.1, 0.15) is 0 Å². The topological polar surface area (TPSA) is 90.0 Å². The number of carbonyl (C=O) groups excluding carboxylic acids is 1. The maximum atomic E-state index is 11.7. The minimum atomic E-state index is -0.372. The molecule has 0 unspecified atom stereocenters. The molecule has 104 valence electrons. The molecule has 2 aromatic rings. The molecule has 0 atom stereocenters. The zero-order valence-electron chi connectivity index (χ0n) is 10.8. The van der Waals surface area contributed by atoms with Crippen molar-refractivity contribution in [3.05, 3.63) is 62.0 Å². The van der Waals surface area contributed by atoms with Crippen molar-refractivity contribution in [2.75, 3.05) is 0 Å². The van der Waals surface area contributed by atoms with Gasteiger partial charge in [0.2, 0.25) is 0 Å². The van der Waals surface area contributed by atoms with Crippen molar-refractivity contribution in [1.82, 2.24) is 15.2 Å². The van der Waals surface area contributed by atoms with Crippen molar-refractivity contribution < 1.29 is 4.79 Å². The van der Waals surface area contributed by atoms with Gasteiger partial charge >= 0.3 is 0 Å². The Morgan fingerprint density at radius 3 is 2.80 bits per heavy atom. The van der Waals surface area contributed by atoms with E-state index in [1.54, 1.807) is 24.3 Å². The maximum absolute atomic E-state index is 11.7. The molecule has 6 nitrogen and oxygen atoms in total. The van der Waals surface area contributed by atoms with Crippen molar-refractivity contribution in [2.24, 2.45) is 5.84 Å². The first-order chi connectivity index (χ1) is 9.51. The molecular formula is C13H13BrN4O2. The Kier molecular flexibility index (Phi) is 4.31. The summed E-state index contributed by atoms with van der Waals surface area (Å²) < 4.78 is 2.09. The second-order valence-electron chi connectivity index (χ2n) is 4.25. The second-order valence-corrected chi connectivity index (χ2v) is 5.10. The van der Waals surface area contributed by atoms with Gasteiger partial charge in [0.25, 0.3) is 11.5 Å². The quantitative estimate of drug-likeness (QED) is 0.496. The predicted octanol–water partition coefficient (Wildman–Crippen LogP) is 0.966. The second kappa shape index (κ2) is 5.98. The number of aromatic nitrogens is 2. The number of hydrazine groups is 1. The van der Waals surface area contributed by atoms with Crippen LogP contribution in [0.2, 0.25) is 0 Å². The van der Waals surface area contributed by atoms with E-state index in [9.17, 15) is 9.59 Å². The molecule has 1 aromatic carbocycles. The summed E-state index contributed by atoms with van der Waals surface area (Å²) in [6, 6.07) is 8.20. The summed E-state index contributed by atoms with van der Waals surface area (Å²) in [5.74, 6) is 4.71. The molecule has 0 radical (unpaired) electrons. The Morgan fingerprint density at radius 1 is 1.40 bits per heavy atom. The van der Waals surface area contributed by atoms with E-state index in [0.29, 0.717) is 16.6 Å². The number of amides is 1. The van der Waals surface area contributed by atoms with Crippen molar-refractivity contribution in [2.45, 2.75) is 13.5 Å². The standard InChI is InChI=1S/C13H13BrN4O2/c1-8-2-5-12(19)18(17-8)7-10-4-3-9(6-11(10)14)13(20)16-15/h2-6H,7,15H2,1H3,(H,16,20). The molecule has 1 amide bonds. The normalized spacial score (nSPS) is 10.3. The fourth-order valence-corrected chi connectivity index (χ4v) is 2.23. The first-order valence-electron chi connectivity index (χ1n) is 5.85. The van der Waals surface area contributed by atoms with Crippen LogP contribution in [-0.4, -0.2) is 15.7 Å². The number of hydrogen-bond donors (Lipinski definition) is 2. The number of carbonyl (C=O) groups is 1.